The van der Waals surface area contributed by atoms with Gasteiger partial charge < -0.3 is 10.5 Å². The Morgan fingerprint density at radius 3 is 2.56 bits per heavy atom. The fraction of sp³-hybridized carbons (Fsp3) is 0.200. The summed E-state index contributed by atoms with van der Waals surface area (Å²) >= 11 is 2.29. The normalized spacial score (nSPS) is 12.2. The first-order valence-electron chi connectivity index (χ1n) is 5.88. The lowest BCUT2D eigenvalue weighted by Crippen LogP contribution is -2.05. The lowest BCUT2D eigenvalue weighted by atomic mass is 10.1. The van der Waals surface area contributed by atoms with Crippen LogP contribution in [-0.4, -0.2) is 0 Å². The van der Waals surface area contributed by atoms with Crippen molar-refractivity contribution < 1.29 is 4.74 Å². The zero-order valence-corrected chi connectivity index (χ0v) is 12.4. The van der Waals surface area contributed by atoms with Gasteiger partial charge in [0.25, 0.3) is 0 Å². The van der Waals surface area contributed by atoms with Crippen LogP contribution in [0.15, 0.2) is 48.5 Å². The van der Waals surface area contributed by atoms with Gasteiger partial charge in [-0.1, -0.05) is 24.3 Å². The molecule has 1 atom stereocenters. The summed E-state index contributed by atoms with van der Waals surface area (Å²) in [6, 6.07) is 16.3. The van der Waals surface area contributed by atoms with Gasteiger partial charge in [0.1, 0.15) is 12.4 Å². The van der Waals surface area contributed by atoms with Crippen LogP contribution in [-0.2, 0) is 6.61 Å². The van der Waals surface area contributed by atoms with Crippen LogP contribution in [0, 0.1) is 3.57 Å². The molecule has 0 fully saturated rings. The van der Waals surface area contributed by atoms with E-state index in [0.717, 1.165) is 11.3 Å². The maximum absolute atomic E-state index is 5.85. The fourth-order valence-electron chi connectivity index (χ4n) is 1.63. The van der Waals surface area contributed by atoms with Crippen LogP contribution >= 0.6 is 22.6 Å². The second-order valence-corrected chi connectivity index (χ2v) is 5.52. The molecule has 2 aromatic carbocycles. The Morgan fingerprint density at radius 1 is 1.17 bits per heavy atom. The standard InChI is InChI=1S/C15H16INO/c1-11(17)13-3-2-4-15(9-13)18-10-12-5-7-14(16)8-6-12/h2-9,11H,10,17H2,1H3. The fourth-order valence-corrected chi connectivity index (χ4v) is 1.99. The molecule has 0 amide bonds. The van der Waals surface area contributed by atoms with Gasteiger partial charge in [0, 0.05) is 9.61 Å². The van der Waals surface area contributed by atoms with Gasteiger partial charge >= 0.3 is 0 Å². The number of halogens is 1. The first-order chi connectivity index (χ1) is 8.65. The first kappa shape index (κ1) is 13.4. The van der Waals surface area contributed by atoms with Crippen molar-refractivity contribution in [2.24, 2.45) is 5.73 Å². The monoisotopic (exact) mass is 353 g/mol. The zero-order chi connectivity index (χ0) is 13.0. The summed E-state index contributed by atoms with van der Waals surface area (Å²) in [6.45, 7) is 2.55. The van der Waals surface area contributed by atoms with Crippen molar-refractivity contribution >= 4 is 22.6 Å². The molecule has 0 aliphatic rings. The number of hydrogen-bond acceptors (Lipinski definition) is 2. The largest absolute Gasteiger partial charge is 0.489 e. The summed E-state index contributed by atoms with van der Waals surface area (Å²) in [6.07, 6.45) is 0. The quantitative estimate of drug-likeness (QED) is 0.847. The molecule has 0 heterocycles. The first-order valence-corrected chi connectivity index (χ1v) is 6.96. The van der Waals surface area contributed by atoms with Gasteiger partial charge in [-0.2, -0.15) is 0 Å². The van der Waals surface area contributed by atoms with Crippen LogP contribution in [0.5, 0.6) is 5.75 Å². The third kappa shape index (κ3) is 3.71. The van der Waals surface area contributed by atoms with Crippen molar-refractivity contribution in [1.29, 1.82) is 0 Å². The second kappa shape index (κ2) is 6.20. The van der Waals surface area contributed by atoms with Gasteiger partial charge in [0.2, 0.25) is 0 Å². The van der Waals surface area contributed by atoms with Gasteiger partial charge in [-0.25, -0.2) is 0 Å². The highest BCUT2D eigenvalue weighted by molar-refractivity contribution is 14.1. The summed E-state index contributed by atoms with van der Waals surface area (Å²) in [5, 5.41) is 0. The van der Waals surface area contributed by atoms with Crippen LogP contribution in [0.3, 0.4) is 0 Å². The molecule has 0 spiro atoms. The molecule has 0 saturated carbocycles. The van der Waals surface area contributed by atoms with Crippen molar-refractivity contribution in [2.45, 2.75) is 19.6 Å². The minimum absolute atomic E-state index is 0.0341. The molecule has 94 valence electrons. The Labute approximate surface area is 121 Å². The van der Waals surface area contributed by atoms with Crippen LogP contribution in [0.2, 0.25) is 0 Å². The molecule has 0 aliphatic carbocycles. The molecular formula is C15H16INO. The molecule has 0 aromatic heterocycles. The van der Waals surface area contributed by atoms with Crippen molar-refractivity contribution in [3.05, 3.63) is 63.2 Å². The maximum atomic E-state index is 5.85. The van der Waals surface area contributed by atoms with E-state index in [1.165, 1.54) is 9.13 Å². The summed E-state index contributed by atoms with van der Waals surface area (Å²) in [7, 11) is 0. The van der Waals surface area contributed by atoms with Gasteiger partial charge in [0.15, 0.2) is 0 Å². The summed E-state index contributed by atoms with van der Waals surface area (Å²) < 4.78 is 7.00. The van der Waals surface area contributed by atoms with E-state index < -0.39 is 0 Å². The molecule has 2 N–H and O–H groups in total. The van der Waals surface area contributed by atoms with Crippen molar-refractivity contribution in [3.63, 3.8) is 0 Å². The molecule has 0 bridgehead atoms. The molecule has 2 rings (SSSR count). The van der Waals surface area contributed by atoms with E-state index >= 15 is 0 Å². The minimum Gasteiger partial charge on any atom is -0.489 e. The van der Waals surface area contributed by atoms with E-state index in [4.69, 9.17) is 10.5 Å². The smallest absolute Gasteiger partial charge is 0.120 e. The zero-order valence-electron chi connectivity index (χ0n) is 10.3. The second-order valence-electron chi connectivity index (χ2n) is 4.28. The maximum Gasteiger partial charge on any atom is 0.120 e. The van der Waals surface area contributed by atoms with E-state index in [2.05, 4.69) is 46.9 Å². The summed E-state index contributed by atoms with van der Waals surface area (Å²) in [4.78, 5) is 0. The SMILES string of the molecule is CC(N)c1cccc(OCc2ccc(I)cc2)c1. The average molecular weight is 353 g/mol. The van der Waals surface area contributed by atoms with Gasteiger partial charge in [-0.05, 0) is 64.9 Å². The molecule has 0 radical (unpaired) electrons. The predicted octanol–water partition coefficient (Wildman–Crippen LogP) is 3.89. The lowest BCUT2D eigenvalue weighted by Gasteiger charge is -2.10. The van der Waals surface area contributed by atoms with Gasteiger partial charge in [-0.15, -0.1) is 0 Å². The predicted molar refractivity (Wildman–Crippen MR) is 82.5 cm³/mol. The van der Waals surface area contributed by atoms with Crippen LogP contribution < -0.4 is 10.5 Å². The molecule has 2 nitrogen and oxygen atoms in total. The topological polar surface area (TPSA) is 35.2 Å². The van der Waals surface area contributed by atoms with Gasteiger partial charge in [0.05, 0.1) is 0 Å². The molecular weight excluding hydrogens is 337 g/mol. The van der Waals surface area contributed by atoms with E-state index in [-0.39, 0.29) is 6.04 Å². The highest BCUT2D eigenvalue weighted by Gasteiger charge is 2.01. The van der Waals surface area contributed by atoms with Crippen LogP contribution in [0.1, 0.15) is 24.1 Å². The van der Waals surface area contributed by atoms with E-state index in [1.54, 1.807) is 0 Å². The number of nitrogens with two attached hydrogens (primary N) is 1. The average Bonchev–Trinajstić information content (AvgIpc) is 2.38. The molecule has 0 aliphatic heterocycles. The number of ether oxygens (including phenoxy) is 1. The van der Waals surface area contributed by atoms with E-state index in [0.29, 0.717) is 6.61 Å². The molecule has 3 heteroatoms. The molecule has 0 saturated heterocycles. The summed E-state index contributed by atoms with van der Waals surface area (Å²) in [5.74, 6) is 0.864. The Bertz CT molecular complexity index is 508. The Hall–Kier alpha value is -1.07. The van der Waals surface area contributed by atoms with Crippen molar-refractivity contribution in [1.82, 2.24) is 0 Å². The number of benzene rings is 2. The molecule has 2 aromatic rings. The van der Waals surface area contributed by atoms with Crippen molar-refractivity contribution in [2.75, 3.05) is 0 Å². The minimum atomic E-state index is 0.0341. The Morgan fingerprint density at radius 2 is 1.89 bits per heavy atom. The third-order valence-electron chi connectivity index (χ3n) is 2.70. The lowest BCUT2D eigenvalue weighted by molar-refractivity contribution is 0.306. The van der Waals surface area contributed by atoms with Crippen molar-refractivity contribution in [3.8, 4) is 5.75 Å². The number of rotatable bonds is 4. The van der Waals surface area contributed by atoms with Gasteiger partial charge in [-0.3, -0.25) is 0 Å². The Kier molecular flexibility index (Phi) is 4.60. The molecule has 18 heavy (non-hydrogen) atoms. The summed E-state index contributed by atoms with van der Waals surface area (Å²) in [5.41, 5.74) is 8.11. The van der Waals surface area contributed by atoms with E-state index in [9.17, 15) is 0 Å². The molecule has 1 unspecified atom stereocenters. The Balaban J connectivity index is 2.01. The van der Waals surface area contributed by atoms with Crippen LogP contribution in [0.4, 0.5) is 0 Å². The highest BCUT2D eigenvalue weighted by atomic mass is 127. The van der Waals surface area contributed by atoms with Crippen LogP contribution in [0.25, 0.3) is 0 Å². The highest BCUT2D eigenvalue weighted by Crippen LogP contribution is 2.19. The van der Waals surface area contributed by atoms with E-state index in [1.807, 2.05) is 31.2 Å². The number of hydrogen-bond donors (Lipinski definition) is 1. The third-order valence-corrected chi connectivity index (χ3v) is 3.42.